The van der Waals surface area contributed by atoms with E-state index in [4.69, 9.17) is 13.9 Å². The minimum Gasteiger partial charge on any atom is -0.494 e. The van der Waals surface area contributed by atoms with E-state index in [0.29, 0.717) is 28.9 Å². The number of unbranched alkanes of at least 4 members (excludes halogenated alkanes) is 5. The van der Waals surface area contributed by atoms with E-state index in [1.165, 1.54) is 38.4 Å². The van der Waals surface area contributed by atoms with Gasteiger partial charge in [-0.25, -0.2) is 0 Å². The summed E-state index contributed by atoms with van der Waals surface area (Å²) in [5, 5.41) is 0.474. The standard InChI is InChI=1S/C32H32O5/c1-2-3-4-5-6-10-19-35-24-15-13-23(14-16-24)26-20-29(33)37-28-18-17-25-31(34)27(21-36-32(25)30(26)28)22-11-8-7-9-12-22/h7-9,11-18,21,26H,2-6,10,19-20H2,1H3/t26-/m0/s1. The number of esters is 1. The van der Waals surface area contributed by atoms with E-state index in [-0.39, 0.29) is 23.7 Å². The van der Waals surface area contributed by atoms with E-state index in [0.717, 1.165) is 28.9 Å². The highest BCUT2D eigenvalue weighted by molar-refractivity contribution is 5.90. The molecule has 0 N–H and O–H groups in total. The smallest absolute Gasteiger partial charge is 0.312 e. The van der Waals surface area contributed by atoms with Gasteiger partial charge in [0.2, 0.25) is 5.43 Å². The number of benzene rings is 3. The van der Waals surface area contributed by atoms with Crippen molar-refractivity contribution in [3.05, 3.63) is 94.3 Å². The van der Waals surface area contributed by atoms with Crippen molar-refractivity contribution in [2.24, 2.45) is 0 Å². The molecule has 1 aromatic heterocycles. The van der Waals surface area contributed by atoms with Crippen LogP contribution in [0, 0.1) is 0 Å². The van der Waals surface area contributed by atoms with Gasteiger partial charge in [-0.15, -0.1) is 0 Å². The Morgan fingerprint density at radius 1 is 0.865 bits per heavy atom. The van der Waals surface area contributed by atoms with Crippen molar-refractivity contribution in [3.63, 3.8) is 0 Å². The van der Waals surface area contributed by atoms with Gasteiger partial charge in [-0.3, -0.25) is 9.59 Å². The lowest BCUT2D eigenvalue weighted by molar-refractivity contribution is -0.135. The molecule has 1 atom stereocenters. The van der Waals surface area contributed by atoms with Crippen molar-refractivity contribution in [3.8, 4) is 22.6 Å². The van der Waals surface area contributed by atoms with E-state index in [9.17, 15) is 9.59 Å². The lowest BCUT2D eigenvalue weighted by atomic mass is 9.85. The van der Waals surface area contributed by atoms with Crippen LogP contribution < -0.4 is 14.9 Å². The summed E-state index contributed by atoms with van der Waals surface area (Å²) in [5.74, 6) is 0.669. The normalized spacial score (nSPS) is 14.8. The maximum atomic E-state index is 13.4. The predicted octanol–water partition coefficient (Wildman–Crippen LogP) is 7.64. The fraction of sp³-hybridized carbons (Fsp3) is 0.312. The molecular weight excluding hydrogens is 464 g/mol. The summed E-state index contributed by atoms with van der Waals surface area (Å²) in [6.07, 6.45) is 9.01. The number of ether oxygens (including phenoxy) is 2. The molecule has 0 amide bonds. The molecular formula is C32H32O5. The topological polar surface area (TPSA) is 65.7 Å². The highest BCUT2D eigenvalue weighted by Gasteiger charge is 2.32. The molecule has 37 heavy (non-hydrogen) atoms. The van der Waals surface area contributed by atoms with E-state index >= 15 is 0 Å². The highest BCUT2D eigenvalue weighted by Crippen LogP contribution is 2.43. The van der Waals surface area contributed by atoms with Crippen LogP contribution in [0.15, 0.2) is 82.2 Å². The number of fused-ring (bicyclic) bond motifs is 3. The Morgan fingerprint density at radius 2 is 1.62 bits per heavy atom. The first-order chi connectivity index (χ1) is 18.2. The zero-order chi connectivity index (χ0) is 25.6. The van der Waals surface area contributed by atoms with Crippen LogP contribution in [-0.4, -0.2) is 12.6 Å². The van der Waals surface area contributed by atoms with Crippen LogP contribution in [0.5, 0.6) is 11.5 Å². The molecule has 0 bridgehead atoms. The summed E-state index contributed by atoms with van der Waals surface area (Å²) < 4.78 is 17.6. The van der Waals surface area contributed by atoms with E-state index < -0.39 is 0 Å². The van der Waals surface area contributed by atoms with Gasteiger partial charge in [0.25, 0.3) is 0 Å². The molecule has 0 spiro atoms. The Bertz CT molecular complexity index is 1420. The molecule has 0 saturated heterocycles. The van der Waals surface area contributed by atoms with Crippen molar-refractivity contribution < 1.29 is 18.7 Å². The Labute approximate surface area is 217 Å². The monoisotopic (exact) mass is 496 g/mol. The zero-order valence-corrected chi connectivity index (χ0v) is 21.2. The predicted molar refractivity (Wildman–Crippen MR) is 145 cm³/mol. The second-order valence-electron chi connectivity index (χ2n) is 9.61. The number of carbonyl (C=O) groups is 1. The van der Waals surface area contributed by atoms with Crippen molar-refractivity contribution in [2.45, 2.75) is 57.8 Å². The van der Waals surface area contributed by atoms with Gasteiger partial charge in [-0.05, 0) is 41.8 Å². The average molecular weight is 497 g/mol. The van der Waals surface area contributed by atoms with Gasteiger partial charge in [0.05, 0.1) is 24.0 Å². The molecule has 0 aliphatic carbocycles. The third-order valence-corrected chi connectivity index (χ3v) is 7.02. The summed E-state index contributed by atoms with van der Waals surface area (Å²) in [6, 6.07) is 20.7. The van der Waals surface area contributed by atoms with Gasteiger partial charge in [0, 0.05) is 11.5 Å². The summed E-state index contributed by atoms with van der Waals surface area (Å²) in [6.45, 7) is 2.92. The second-order valence-corrected chi connectivity index (χ2v) is 9.61. The Kier molecular flexibility index (Phi) is 7.69. The van der Waals surface area contributed by atoms with Crippen LogP contribution in [0.4, 0.5) is 0 Å². The van der Waals surface area contributed by atoms with Gasteiger partial charge in [0.15, 0.2) is 0 Å². The van der Waals surface area contributed by atoms with Gasteiger partial charge in [-0.2, -0.15) is 0 Å². The number of hydrogen-bond acceptors (Lipinski definition) is 5. The number of rotatable bonds is 10. The molecule has 4 aromatic rings. The van der Waals surface area contributed by atoms with E-state index in [2.05, 4.69) is 6.92 Å². The number of hydrogen-bond donors (Lipinski definition) is 0. The van der Waals surface area contributed by atoms with Gasteiger partial charge in [0.1, 0.15) is 23.3 Å². The van der Waals surface area contributed by atoms with E-state index in [1.807, 2.05) is 54.6 Å². The lowest BCUT2D eigenvalue weighted by Gasteiger charge is -2.25. The molecule has 5 rings (SSSR count). The Hall–Kier alpha value is -3.86. The first kappa shape index (κ1) is 24.8. The van der Waals surface area contributed by atoms with Crippen molar-refractivity contribution in [1.82, 2.24) is 0 Å². The first-order valence-electron chi connectivity index (χ1n) is 13.2. The summed E-state index contributed by atoms with van der Waals surface area (Å²) >= 11 is 0. The molecule has 5 heteroatoms. The summed E-state index contributed by atoms with van der Waals surface area (Å²) in [7, 11) is 0. The quantitative estimate of drug-likeness (QED) is 0.128. The molecule has 190 valence electrons. The largest absolute Gasteiger partial charge is 0.494 e. The number of carbonyl (C=O) groups excluding carboxylic acids is 1. The fourth-order valence-electron chi connectivity index (χ4n) is 5.03. The highest BCUT2D eigenvalue weighted by atomic mass is 16.5. The van der Waals surface area contributed by atoms with Gasteiger partial charge >= 0.3 is 5.97 Å². The third kappa shape index (κ3) is 5.46. The van der Waals surface area contributed by atoms with Crippen LogP contribution >= 0.6 is 0 Å². The molecule has 1 aliphatic heterocycles. The Morgan fingerprint density at radius 3 is 2.41 bits per heavy atom. The molecule has 0 fully saturated rings. The molecule has 0 unspecified atom stereocenters. The maximum absolute atomic E-state index is 13.4. The molecule has 3 aromatic carbocycles. The minimum atomic E-state index is -0.302. The van der Waals surface area contributed by atoms with Crippen LogP contribution in [0.1, 0.15) is 68.9 Å². The maximum Gasteiger partial charge on any atom is 0.312 e. The molecule has 5 nitrogen and oxygen atoms in total. The van der Waals surface area contributed by atoms with Crippen molar-refractivity contribution in [2.75, 3.05) is 6.61 Å². The molecule has 1 aliphatic rings. The Balaban J connectivity index is 1.39. The third-order valence-electron chi connectivity index (χ3n) is 7.02. The molecule has 0 radical (unpaired) electrons. The summed E-state index contributed by atoms with van der Waals surface area (Å²) in [4.78, 5) is 25.8. The average Bonchev–Trinajstić information content (AvgIpc) is 2.93. The van der Waals surface area contributed by atoms with Crippen LogP contribution in [0.25, 0.3) is 22.1 Å². The van der Waals surface area contributed by atoms with Crippen LogP contribution in [0.3, 0.4) is 0 Å². The summed E-state index contributed by atoms with van der Waals surface area (Å²) in [5.41, 5.74) is 3.34. The molecule has 2 heterocycles. The van der Waals surface area contributed by atoms with Gasteiger partial charge < -0.3 is 13.9 Å². The fourth-order valence-corrected chi connectivity index (χ4v) is 5.03. The minimum absolute atomic E-state index is 0.107. The van der Waals surface area contributed by atoms with Crippen molar-refractivity contribution >= 4 is 16.9 Å². The zero-order valence-electron chi connectivity index (χ0n) is 21.2. The first-order valence-corrected chi connectivity index (χ1v) is 13.2. The van der Waals surface area contributed by atoms with Crippen molar-refractivity contribution in [1.29, 1.82) is 0 Å². The van der Waals surface area contributed by atoms with E-state index in [1.54, 1.807) is 12.1 Å². The van der Waals surface area contributed by atoms with Crippen LogP contribution in [-0.2, 0) is 4.79 Å². The second kappa shape index (κ2) is 11.5. The SMILES string of the molecule is CCCCCCCCOc1ccc([C@@H]2CC(=O)Oc3ccc4c(=O)c(-c5ccccc5)coc4c32)cc1. The lowest BCUT2D eigenvalue weighted by Crippen LogP contribution is -2.22. The molecule has 0 saturated carbocycles. The van der Waals surface area contributed by atoms with Gasteiger partial charge in [-0.1, -0.05) is 81.5 Å². The van der Waals surface area contributed by atoms with Crippen LogP contribution in [0.2, 0.25) is 0 Å².